The quantitative estimate of drug-likeness (QED) is 0.0846. The molecular weight excluding hydrogens is 1590 g/mol. The summed E-state index contributed by atoms with van der Waals surface area (Å²) in [5, 5.41) is 14.8. The van der Waals surface area contributed by atoms with Gasteiger partial charge in [0.25, 0.3) is 0 Å². The normalized spacial score (nSPS) is 11.3. The van der Waals surface area contributed by atoms with Gasteiger partial charge in [-0.1, -0.05) is 485 Å². The van der Waals surface area contributed by atoms with Crippen LogP contribution in [0.1, 0.15) is 0 Å². The molecule has 616 valence electrons. The van der Waals surface area contributed by atoms with E-state index in [4.69, 9.17) is 0 Å². The molecule has 0 N–H and O–H groups in total. The molecule has 0 nitrogen and oxygen atoms in total. The van der Waals surface area contributed by atoms with Gasteiger partial charge in [-0.15, -0.1) is 0 Å². The van der Waals surface area contributed by atoms with Crippen LogP contribution in [0.15, 0.2) is 534 Å². The third-order valence-corrected chi connectivity index (χ3v) is 26.6. The van der Waals surface area contributed by atoms with Crippen LogP contribution >= 0.6 is 0 Å². The molecule has 0 saturated heterocycles. The zero-order chi connectivity index (χ0) is 87.6. The second kappa shape index (κ2) is 35.2. The number of hydrogen-bond donors (Lipinski definition) is 0. The SMILES string of the molecule is c1ccc(-c2ccc(-c3ccc(-c4c5ccccc5c(-c5ccc(-c6ccc(-c7ccccc7)cc6)c(-c6ccccc6)c5)c5cc6ccccc6cc45)cc3-c3ccccc3)cc2)cc1.c1ccc(-c2ccc(-c3ccc(-c4c5ccccc5c(-c5ccc(-c6ccc(-c7ccccc7)cc6)cc5-c5ccccc5)c5cc6ccccc6cc45)c(-c4ccccc4)c3)cc2)cc1. The highest BCUT2D eigenvalue weighted by molar-refractivity contribution is 6.27. The molecule has 0 aliphatic rings. The van der Waals surface area contributed by atoms with Gasteiger partial charge in [-0.25, -0.2) is 0 Å². The van der Waals surface area contributed by atoms with Crippen LogP contribution in [0.4, 0.5) is 0 Å². The molecule has 0 spiro atoms. The van der Waals surface area contributed by atoms with Crippen LogP contribution in [0.5, 0.6) is 0 Å². The Balaban J connectivity index is 0.000000150. The van der Waals surface area contributed by atoms with Gasteiger partial charge in [-0.05, 0) is 291 Å². The van der Waals surface area contributed by atoms with Crippen LogP contribution in [-0.4, -0.2) is 0 Å². The van der Waals surface area contributed by atoms with Crippen LogP contribution in [0.3, 0.4) is 0 Å². The van der Waals surface area contributed by atoms with Crippen molar-refractivity contribution in [3.05, 3.63) is 534 Å². The zero-order valence-electron chi connectivity index (χ0n) is 72.8. The highest BCUT2D eigenvalue weighted by Gasteiger charge is 2.26. The molecule has 0 unspecified atom stereocenters. The standard InChI is InChI=1S/2C66H44/c1-5-17-45(18-6-1)47-29-33-49(34-30-47)55-37-39-59(61(41-55)51-21-9-3-10-22-51)65-57-27-15-16-28-58(57)66(64-44-54-26-14-13-25-53(54)43-63(64)65)60-40-38-56(42-62(60)52-23-11-4-12-24-52)50-35-31-48(32-36-50)46-19-7-2-8-20-46;1-5-17-45(18-6-1)47-29-33-51(34-30-47)57-39-37-55(43-61(57)49-21-9-3-10-22-49)65-59-27-15-16-28-60(59)66(64-42-54-26-14-13-25-53(54)41-63(64)65)56-38-40-58(62(44-56)50-23-11-4-12-24-50)52-35-31-48(32-36-52)46-19-7-2-8-20-46/h2*1-44H. The fraction of sp³-hybridized carbons (Fsp3) is 0. The molecule has 0 heterocycles. The molecule has 0 fully saturated rings. The Labute approximate surface area is 770 Å². The Kier molecular flexibility index (Phi) is 21.2. The van der Waals surface area contributed by atoms with E-state index in [1.165, 1.54) is 243 Å². The van der Waals surface area contributed by atoms with Crippen molar-refractivity contribution in [1.82, 2.24) is 0 Å². The first kappa shape index (κ1) is 79.5. The minimum Gasteiger partial charge on any atom is -0.0622 e. The monoisotopic (exact) mass is 1670 g/mol. The molecule has 0 aliphatic carbocycles. The summed E-state index contributed by atoms with van der Waals surface area (Å²) in [6.07, 6.45) is 0. The van der Waals surface area contributed by atoms with Crippen LogP contribution in [-0.2, 0) is 0 Å². The van der Waals surface area contributed by atoms with Gasteiger partial charge < -0.3 is 0 Å². The van der Waals surface area contributed by atoms with E-state index in [1.54, 1.807) is 0 Å². The lowest BCUT2D eigenvalue weighted by Gasteiger charge is -2.22. The summed E-state index contributed by atoms with van der Waals surface area (Å²) in [5.74, 6) is 0. The second-order valence-electron chi connectivity index (χ2n) is 34.4. The van der Waals surface area contributed by atoms with E-state index < -0.39 is 0 Å². The Hall–Kier alpha value is -17.2. The van der Waals surface area contributed by atoms with Crippen LogP contribution in [0.25, 0.3) is 243 Å². The molecule has 24 aromatic rings. The maximum absolute atomic E-state index is 2.44. The minimum atomic E-state index is 1.19. The third kappa shape index (κ3) is 15.4. The maximum Gasteiger partial charge on any atom is -0.00199 e. The van der Waals surface area contributed by atoms with Gasteiger partial charge >= 0.3 is 0 Å². The van der Waals surface area contributed by atoms with Crippen molar-refractivity contribution in [3.63, 3.8) is 0 Å². The van der Waals surface area contributed by atoms with Gasteiger partial charge in [0.05, 0.1) is 0 Å². The molecular formula is C132H88. The van der Waals surface area contributed by atoms with Crippen molar-refractivity contribution >= 4 is 64.6 Å². The van der Waals surface area contributed by atoms with Crippen molar-refractivity contribution in [2.45, 2.75) is 0 Å². The Morgan fingerprint density at radius 3 is 0.500 bits per heavy atom. The highest BCUT2D eigenvalue weighted by atomic mass is 14.3. The predicted molar refractivity (Wildman–Crippen MR) is 565 cm³/mol. The Morgan fingerprint density at radius 1 is 0.0758 bits per heavy atom. The van der Waals surface area contributed by atoms with Crippen LogP contribution in [0, 0.1) is 0 Å². The summed E-state index contributed by atoms with van der Waals surface area (Å²) in [5.41, 5.74) is 38.7. The maximum atomic E-state index is 2.44. The fourth-order valence-corrected chi connectivity index (χ4v) is 20.1. The first-order valence-corrected chi connectivity index (χ1v) is 45.6. The van der Waals surface area contributed by atoms with Crippen molar-refractivity contribution < 1.29 is 0 Å². The van der Waals surface area contributed by atoms with Crippen molar-refractivity contribution in [2.24, 2.45) is 0 Å². The summed E-state index contributed by atoms with van der Waals surface area (Å²) in [6, 6.07) is 196. The topological polar surface area (TPSA) is 0 Å². The van der Waals surface area contributed by atoms with Crippen LogP contribution in [0.2, 0.25) is 0 Å². The third-order valence-electron chi connectivity index (χ3n) is 26.6. The molecule has 0 aliphatic heterocycles. The number of hydrogen-bond acceptors (Lipinski definition) is 0. The van der Waals surface area contributed by atoms with Crippen LogP contribution < -0.4 is 0 Å². The van der Waals surface area contributed by atoms with Gasteiger partial charge in [0.2, 0.25) is 0 Å². The van der Waals surface area contributed by atoms with E-state index in [2.05, 4.69) is 534 Å². The van der Waals surface area contributed by atoms with Crippen molar-refractivity contribution in [2.75, 3.05) is 0 Å². The van der Waals surface area contributed by atoms with E-state index in [9.17, 15) is 0 Å². The summed E-state index contributed by atoms with van der Waals surface area (Å²) in [4.78, 5) is 0. The molecule has 24 aromatic carbocycles. The first-order chi connectivity index (χ1) is 65.5. The minimum absolute atomic E-state index is 1.19. The summed E-state index contributed by atoms with van der Waals surface area (Å²) < 4.78 is 0. The fourth-order valence-electron chi connectivity index (χ4n) is 20.1. The van der Waals surface area contributed by atoms with E-state index in [-0.39, 0.29) is 0 Å². The second-order valence-corrected chi connectivity index (χ2v) is 34.4. The average Bonchev–Trinajstić information content (AvgIpc) is 0.710. The molecule has 0 bridgehead atoms. The van der Waals surface area contributed by atoms with E-state index in [1.807, 2.05) is 0 Å². The summed E-state index contributed by atoms with van der Waals surface area (Å²) >= 11 is 0. The lowest BCUT2D eigenvalue weighted by molar-refractivity contribution is 1.56. The van der Waals surface area contributed by atoms with E-state index in [0.717, 1.165) is 0 Å². The van der Waals surface area contributed by atoms with Gasteiger partial charge in [-0.3, -0.25) is 0 Å². The lowest BCUT2D eigenvalue weighted by atomic mass is 9.80. The van der Waals surface area contributed by atoms with E-state index >= 15 is 0 Å². The highest BCUT2D eigenvalue weighted by Crippen LogP contribution is 2.53. The van der Waals surface area contributed by atoms with Gasteiger partial charge in [0.15, 0.2) is 0 Å². The molecule has 0 aromatic heterocycles. The largest absolute Gasteiger partial charge is 0.0622 e. The lowest BCUT2D eigenvalue weighted by Crippen LogP contribution is -1.95. The molecule has 0 heteroatoms. The number of benzene rings is 24. The molecule has 132 heavy (non-hydrogen) atoms. The average molecular weight is 1670 g/mol. The van der Waals surface area contributed by atoms with Gasteiger partial charge in [-0.2, -0.15) is 0 Å². The Morgan fingerprint density at radius 2 is 0.235 bits per heavy atom. The number of rotatable bonds is 16. The molecule has 24 rings (SSSR count). The molecule has 0 amide bonds. The first-order valence-electron chi connectivity index (χ1n) is 45.6. The van der Waals surface area contributed by atoms with Gasteiger partial charge in [0, 0.05) is 0 Å². The zero-order valence-corrected chi connectivity index (χ0v) is 72.8. The van der Waals surface area contributed by atoms with Crippen molar-refractivity contribution in [3.8, 4) is 178 Å². The molecule has 0 atom stereocenters. The smallest absolute Gasteiger partial charge is 0.00199 e. The van der Waals surface area contributed by atoms with E-state index in [0.29, 0.717) is 0 Å². The molecule has 0 saturated carbocycles. The van der Waals surface area contributed by atoms with Gasteiger partial charge in [0.1, 0.15) is 0 Å². The van der Waals surface area contributed by atoms with Crippen molar-refractivity contribution in [1.29, 1.82) is 0 Å². The predicted octanol–water partition coefficient (Wildman–Crippen LogP) is 37.0. The Bertz CT molecular complexity index is 7870. The number of fused-ring (bicyclic) bond motifs is 6. The molecule has 0 radical (unpaired) electrons. The summed E-state index contributed by atoms with van der Waals surface area (Å²) in [6.45, 7) is 0. The summed E-state index contributed by atoms with van der Waals surface area (Å²) in [7, 11) is 0.